The van der Waals surface area contributed by atoms with E-state index in [1.54, 1.807) is 30.1 Å². The molecule has 1 unspecified atom stereocenters. The van der Waals surface area contributed by atoms with Gasteiger partial charge in [0.2, 0.25) is 5.91 Å². The first-order valence-corrected chi connectivity index (χ1v) is 12.3. The van der Waals surface area contributed by atoms with Crippen LogP contribution in [0.5, 0.6) is 0 Å². The zero-order chi connectivity index (χ0) is 21.3. The van der Waals surface area contributed by atoms with Crippen LogP contribution in [-0.2, 0) is 11.3 Å². The third kappa shape index (κ3) is 6.22. The lowest BCUT2D eigenvalue weighted by Gasteiger charge is -2.19. The summed E-state index contributed by atoms with van der Waals surface area (Å²) >= 11 is 5.05. The molecule has 0 aliphatic carbocycles. The van der Waals surface area contributed by atoms with Crippen molar-refractivity contribution in [1.29, 1.82) is 0 Å². The number of thioether (sulfide) groups is 1. The van der Waals surface area contributed by atoms with Gasteiger partial charge in [0.15, 0.2) is 0 Å². The summed E-state index contributed by atoms with van der Waals surface area (Å²) in [6, 6.07) is 10.6. The highest BCUT2D eigenvalue weighted by atomic mass is 79.9. The van der Waals surface area contributed by atoms with Gasteiger partial charge in [0.05, 0.1) is 5.56 Å². The van der Waals surface area contributed by atoms with Gasteiger partial charge in [-0.1, -0.05) is 12.1 Å². The van der Waals surface area contributed by atoms with E-state index in [4.69, 9.17) is 0 Å². The smallest absolute Gasteiger partial charge is 0.253 e. The molecule has 0 radical (unpaired) electrons. The van der Waals surface area contributed by atoms with Gasteiger partial charge < -0.3 is 15.5 Å². The molecule has 1 saturated heterocycles. The van der Waals surface area contributed by atoms with Crippen molar-refractivity contribution in [1.82, 2.24) is 15.6 Å². The van der Waals surface area contributed by atoms with Gasteiger partial charge in [-0.25, -0.2) is 4.98 Å². The van der Waals surface area contributed by atoms with E-state index in [2.05, 4.69) is 36.4 Å². The second kappa shape index (κ2) is 11.4. The van der Waals surface area contributed by atoms with Crippen molar-refractivity contribution in [3.8, 4) is 0 Å². The molecule has 2 aromatic rings. The van der Waals surface area contributed by atoms with Gasteiger partial charge in [0.1, 0.15) is 11.9 Å². The molecule has 6 nitrogen and oxygen atoms in total. The first kappa shape index (κ1) is 22.6. The molecule has 8 heteroatoms. The van der Waals surface area contributed by atoms with Crippen molar-refractivity contribution in [3.63, 3.8) is 0 Å². The molecule has 160 valence electrons. The number of benzene rings is 1. The SMILES string of the molecule is CSCCC(NC(=O)c1ccccc1Br)C(=O)NCc1ccnc(N2CCCC2)c1. The fourth-order valence-corrected chi connectivity index (χ4v) is 4.32. The van der Waals surface area contributed by atoms with E-state index in [-0.39, 0.29) is 11.8 Å². The van der Waals surface area contributed by atoms with Crippen LogP contribution in [0.1, 0.15) is 35.2 Å². The third-order valence-electron chi connectivity index (χ3n) is 5.06. The minimum absolute atomic E-state index is 0.177. The maximum absolute atomic E-state index is 12.8. The summed E-state index contributed by atoms with van der Waals surface area (Å²) in [6.45, 7) is 2.46. The zero-order valence-electron chi connectivity index (χ0n) is 17.1. The van der Waals surface area contributed by atoms with E-state index in [9.17, 15) is 9.59 Å². The number of aromatic nitrogens is 1. The quantitative estimate of drug-likeness (QED) is 0.561. The first-order valence-electron chi connectivity index (χ1n) is 10.1. The Balaban J connectivity index is 1.61. The highest BCUT2D eigenvalue weighted by molar-refractivity contribution is 9.10. The van der Waals surface area contributed by atoms with Gasteiger partial charge in [-0.2, -0.15) is 11.8 Å². The summed E-state index contributed by atoms with van der Waals surface area (Å²) in [6.07, 6.45) is 6.73. The topological polar surface area (TPSA) is 74.3 Å². The van der Waals surface area contributed by atoms with Crippen molar-refractivity contribution in [2.75, 3.05) is 30.0 Å². The Kier molecular flexibility index (Phi) is 8.57. The molecule has 0 saturated carbocycles. The van der Waals surface area contributed by atoms with Gasteiger partial charge in [-0.15, -0.1) is 0 Å². The second-order valence-corrected chi connectivity index (χ2v) is 9.06. The number of hydrogen-bond acceptors (Lipinski definition) is 5. The van der Waals surface area contributed by atoms with Crippen LogP contribution in [0, 0.1) is 0 Å². The Morgan fingerprint density at radius 1 is 1.23 bits per heavy atom. The predicted octanol–water partition coefficient (Wildman–Crippen LogP) is 3.61. The number of nitrogens with zero attached hydrogens (tertiary/aromatic N) is 2. The van der Waals surface area contributed by atoms with E-state index < -0.39 is 6.04 Å². The van der Waals surface area contributed by atoms with Gasteiger partial charge >= 0.3 is 0 Å². The molecule has 1 aliphatic rings. The highest BCUT2D eigenvalue weighted by Crippen LogP contribution is 2.19. The maximum Gasteiger partial charge on any atom is 0.253 e. The molecule has 1 fully saturated rings. The Hall–Kier alpha value is -2.06. The van der Waals surface area contributed by atoms with Crippen molar-refractivity contribution in [3.05, 3.63) is 58.2 Å². The Labute approximate surface area is 190 Å². The molecule has 1 aliphatic heterocycles. The minimum atomic E-state index is -0.586. The van der Waals surface area contributed by atoms with Crippen LogP contribution in [0.25, 0.3) is 0 Å². The molecule has 1 atom stereocenters. The number of carbonyl (C=O) groups is 2. The zero-order valence-corrected chi connectivity index (χ0v) is 19.5. The number of halogens is 1. The van der Waals surface area contributed by atoms with Crippen LogP contribution in [0.3, 0.4) is 0 Å². The fourth-order valence-electron chi connectivity index (χ4n) is 3.39. The Bertz CT molecular complexity index is 874. The van der Waals surface area contributed by atoms with Crippen LogP contribution in [-0.4, -0.2) is 47.9 Å². The predicted molar refractivity (Wildman–Crippen MR) is 126 cm³/mol. The van der Waals surface area contributed by atoms with Crippen LogP contribution < -0.4 is 15.5 Å². The lowest BCUT2D eigenvalue weighted by atomic mass is 10.1. The lowest BCUT2D eigenvalue weighted by Crippen LogP contribution is -2.47. The van der Waals surface area contributed by atoms with E-state index in [1.165, 1.54) is 12.8 Å². The number of rotatable bonds is 9. The Morgan fingerprint density at radius 2 is 2.00 bits per heavy atom. The molecular formula is C22H27BrN4O2S. The number of pyridine rings is 1. The lowest BCUT2D eigenvalue weighted by molar-refractivity contribution is -0.123. The summed E-state index contributed by atoms with van der Waals surface area (Å²) < 4.78 is 0.706. The molecule has 2 amide bonds. The van der Waals surface area contributed by atoms with Gasteiger partial charge in [-0.3, -0.25) is 9.59 Å². The maximum atomic E-state index is 12.8. The number of anilines is 1. The molecule has 1 aromatic heterocycles. The van der Waals surface area contributed by atoms with Crippen molar-refractivity contribution >= 4 is 45.3 Å². The van der Waals surface area contributed by atoms with Crippen molar-refractivity contribution < 1.29 is 9.59 Å². The fraction of sp³-hybridized carbons (Fsp3) is 0.409. The van der Waals surface area contributed by atoms with Gasteiger partial charge in [0, 0.05) is 30.3 Å². The first-order chi connectivity index (χ1) is 14.6. The average molecular weight is 491 g/mol. The summed E-state index contributed by atoms with van der Waals surface area (Å²) in [5, 5.41) is 5.86. The van der Waals surface area contributed by atoms with Crippen molar-refractivity contribution in [2.45, 2.75) is 31.8 Å². The molecule has 2 N–H and O–H groups in total. The second-order valence-electron chi connectivity index (χ2n) is 7.22. The standard InChI is InChI=1S/C22H27BrN4O2S/c1-30-13-9-19(26-21(28)17-6-2-3-7-18(17)23)22(29)25-15-16-8-10-24-20(14-16)27-11-4-5-12-27/h2-3,6-8,10,14,19H,4-5,9,11-13,15H2,1H3,(H,25,29)(H,26,28). The molecule has 0 bridgehead atoms. The molecule has 1 aromatic carbocycles. The molecule has 30 heavy (non-hydrogen) atoms. The van der Waals surface area contributed by atoms with Crippen LogP contribution in [0.2, 0.25) is 0 Å². The highest BCUT2D eigenvalue weighted by Gasteiger charge is 2.22. The van der Waals surface area contributed by atoms with Crippen LogP contribution >= 0.6 is 27.7 Å². The number of hydrogen-bond donors (Lipinski definition) is 2. The van der Waals surface area contributed by atoms with Gasteiger partial charge in [0.25, 0.3) is 5.91 Å². The van der Waals surface area contributed by atoms with Crippen molar-refractivity contribution in [2.24, 2.45) is 0 Å². The summed E-state index contributed by atoms with van der Waals surface area (Å²) in [5.41, 5.74) is 1.52. The van der Waals surface area contributed by atoms with E-state index in [0.29, 0.717) is 23.0 Å². The van der Waals surface area contributed by atoms with E-state index >= 15 is 0 Å². The summed E-state index contributed by atoms with van der Waals surface area (Å²) in [7, 11) is 0. The number of carbonyl (C=O) groups excluding carboxylic acids is 2. The monoisotopic (exact) mass is 490 g/mol. The summed E-state index contributed by atoms with van der Waals surface area (Å²) in [5.74, 6) is 1.30. The molecule has 0 spiro atoms. The van der Waals surface area contributed by atoms with E-state index in [1.807, 2.05) is 30.5 Å². The average Bonchev–Trinajstić information content (AvgIpc) is 3.30. The van der Waals surface area contributed by atoms with Gasteiger partial charge in [-0.05, 0) is 77.0 Å². The minimum Gasteiger partial charge on any atom is -0.357 e. The number of nitrogens with one attached hydrogen (secondary N) is 2. The molecule has 3 rings (SSSR count). The molecule has 2 heterocycles. The molecular weight excluding hydrogens is 464 g/mol. The van der Waals surface area contributed by atoms with Crippen LogP contribution in [0.15, 0.2) is 47.1 Å². The normalized spacial score (nSPS) is 14.4. The number of amides is 2. The third-order valence-corrected chi connectivity index (χ3v) is 6.39. The Morgan fingerprint density at radius 3 is 2.73 bits per heavy atom. The summed E-state index contributed by atoms with van der Waals surface area (Å²) in [4.78, 5) is 32.2. The van der Waals surface area contributed by atoms with E-state index in [0.717, 1.165) is 30.2 Å². The largest absolute Gasteiger partial charge is 0.357 e. The van der Waals surface area contributed by atoms with Crippen LogP contribution in [0.4, 0.5) is 5.82 Å².